The molecule has 0 bridgehead atoms. The Bertz CT molecular complexity index is 643. The average molecular weight is 369 g/mol. The molecule has 0 aliphatic heterocycles. The maximum atomic E-state index is 12.4. The fourth-order valence-corrected chi connectivity index (χ4v) is 4.31. The van der Waals surface area contributed by atoms with Crippen molar-refractivity contribution in [2.24, 2.45) is 11.8 Å². The number of hydrogen-bond acceptors (Lipinski definition) is 3. The van der Waals surface area contributed by atoms with Crippen LogP contribution in [0, 0.1) is 11.8 Å². The SMILES string of the molecule is C=C1C[C@@H](OC(=O)[C@@H](C)Oc2ccc(Cl)cc2Cl)[C@@H]2CCCC[C@H]12. The number of esters is 1. The molecule has 0 unspecified atom stereocenters. The van der Waals surface area contributed by atoms with Crippen molar-refractivity contribution in [3.63, 3.8) is 0 Å². The summed E-state index contributed by atoms with van der Waals surface area (Å²) in [5.74, 6) is 1.00. The Hall–Kier alpha value is -1.19. The van der Waals surface area contributed by atoms with Crippen LogP contribution in [0.4, 0.5) is 0 Å². The maximum Gasteiger partial charge on any atom is 0.347 e. The monoisotopic (exact) mass is 368 g/mol. The number of benzene rings is 1. The van der Waals surface area contributed by atoms with Gasteiger partial charge in [0.15, 0.2) is 6.10 Å². The highest BCUT2D eigenvalue weighted by molar-refractivity contribution is 6.35. The first-order valence-corrected chi connectivity index (χ1v) is 9.21. The summed E-state index contributed by atoms with van der Waals surface area (Å²) >= 11 is 12.0. The van der Waals surface area contributed by atoms with Crippen LogP contribution in [0.15, 0.2) is 30.4 Å². The molecule has 2 aliphatic carbocycles. The third-order valence-corrected chi connectivity index (χ3v) is 5.61. The van der Waals surface area contributed by atoms with Crippen LogP contribution in [-0.4, -0.2) is 18.2 Å². The fraction of sp³-hybridized carbons (Fsp3) is 0.526. The standard InChI is InChI=1S/C19H22Cl2O3/c1-11-9-18(15-6-4-3-5-14(11)15)24-19(22)12(2)23-17-8-7-13(20)10-16(17)21/h7-8,10,12,14-15,18H,1,3-6,9H2,2H3/t12-,14-,15-,18-/m1/s1. The van der Waals surface area contributed by atoms with E-state index >= 15 is 0 Å². The molecule has 5 heteroatoms. The van der Waals surface area contributed by atoms with Crippen molar-refractivity contribution in [2.75, 3.05) is 0 Å². The molecule has 3 nitrogen and oxygen atoms in total. The van der Waals surface area contributed by atoms with Crippen molar-refractivity contribution in [1.29, 1.82) is 0 Å². The molecule has 0 heterocycles. The predicted molar refractivity (Wildman–Crippen MR) is 95.6 cm³/mol. The Morgan fingerprint density at radius 1 is 1.29 bits per heavy atom. The summed E-state index contributed by atoms with van der Waals surface area (Å²) < 4.78 is 11.4. The van der Waals surface area contributed by atoms with Crippen LogP contribution in [0.5, 0.6) is 5.75 Å². The van der Waals surface area contributed by atoms with Crippen molar-refractivity contribution in [3.05, 3.63) is 40.4 Å². The van der Waals surface area contributed by atoms with Gasteiger partial charge in [0.25, 0.3) is 0 Å². The molecule has 2 fully saturated rings. The zero-order chi connectivity index (χ0) is 17.3. The van der Waals surface area contributed by atoms with Crippen molar-refractivity contribution in [1.82, 2.24) is 0 Å². The number of carbonyl (C=O) groups is 1. The Kier molecular flexibility index (Phi) is 5.41. The number of fused-ring (bicyclic) bond motifs is 1. The van der Waals surface area contributed by atoms with Crippen molar-refractivity contribution in [3.8, 4) is 5.75 Å². The molecule has 0 spiro atoms. The van der Waals surface area contributed by atoms with E-state index in [1.54, 1.807) is 25.1 Å². The minimum absolute atomic E-state index is 0.0676. The van der Waals surface area contributed by atoms with E-state index in [9.17, 15) is 4.79 Å². The lowest BCUT2D eigenvalue weighted by Gasteiger charge is -2.29. The Balaban J connectivity index is 1.61. The van der Waals surface area contributed by atoms with E-state index in [0.29, 0.717) is 27.6 Å². The van der Waals surface area contributed by atoms with Gasteiger partial charge in [-0.05, 0) is 43.9 Å². The zero-order valence-electron chi connectivity index (χ0n) is 13.8. The first-order valence-electron chi connectivity index (χ1n) is 8.45. The molecule has 0 N–H and O–H groups in total. The van der Waals surface area contributed by atoms with Gasteiger partial charge in [0.2, 0.25) is 0 Å². The van der Waals surface area contributed by atoms with Gasteiger partial charge in [0.1, 0.15) is 11.9 Å². The number of hydrogen-bond donors (Lipinski definition) is 0. The average Bonchev–Trinajstić information content (AvgIpc) is 2.86. The molecule has 24 heavy (non-hydrogen) atoms. The normalized spacial score (nSPS) is 27.5. The summed E-state index contributed by atoms with van der Waals surface area (Å²) in [5.41, 5.74) is 1.23. The van der Waals surface area contributed by atoms with Crippen LogP contribution in [0.1, 0.15) is 39.0 Å². The summed E-state index contributed by atoms with van der Waals surface area (Å²) in [6.07, 6.45) is 4.71. The lowest BCUT2D eigenvalue weighted by Crippen LogP contribution is -2.33. The van der Waals surface area contributed by atoms with E-state index in [4.69, 9.17) is 32.7 Å². The molecule has 1 aromatic rings. The highest BCUT2D eigenvalue weighted by Gasteiger charge is 2.42. The molecule has 0 saturated heterocycles. The Morgan fingerprint density at radius 3 is 2.79 bits per heavy atom. The second-order valence-corrected chi connectivity index (χ2v) is 7.57. The summed E-state index contributed by atoms with van der Waals surface area (Å²) in [4.78, 5) is 12.4. The molecule has 0 amide bonds. The van der Waals surface area contributed by atoms with E-state index in [-0.39, 0.29) is 12.1 Å². The van der Waals surface area contributed by atoms with Gasteiger partial charge in [-0.1, -0.05) is 48.2 Å². The van der Waals surface area contributed by atoms with Gasteiger partial charge < -0.3 is 9.47 Å². The minimum Gasteiger partial charge on any atom is -0.477 e. The predicted octanol–water partition coefficient (Wildman–Crippen LogP) is 5.44. The van der Waals surface area contributed by atoms with Crippen LogP contribution >= 0.6 is 23.2 Å². The lowest BCUT2D eigenvalue weighted by atomic mass is 9.80. The second-order valence-electron chi connectivity index (χ2n) is 6.73. The van der Waals surface area contributed by atoms with Crippen LogP contribution in [0.3, 0.4) is 0 Å². The van der Waals surface area contributed by atoms with Gasteiger partial charge in [-0.15, -0.1) is 0 Å². The van der Waals surface area contributed by atoms with Crippen molar-refractivity contribution < 1.29 is 14.3 Å². The fourth-order valence-electron chi connectivity index (χ4n) is 3.86. The molecular formula is C19H22Cl2O3. The smallest absolute Gasteiger partial charge is 0.347 e. The molecule has 130 valence electrons. The Morgan fingerprint density at radius 2 is 2.04 bits per heavy atom. The largest absolute Gasteiger partial charge is 0.477 e. The van der Waals surface area contributed by atoms with Gasteiger partial charge >= 0.3 is 5.97 Å². The van der Waals surface area contributed by atoms with E-state index in [0.717, 1.165) is 12.8 Å². The number of rotatable bonds is 4. The van der Waals surface area contributed by atoms with Gasteiger partial charge in [-0.3, -0.25) is 0 Å². The van der Waals surface area contributed by atoms with E-state index in [1.807, 2.05) is 0 Å². The van der Waals surface area contributed by atoms with Crippen molar-refractivity contribution >= 4 is 29.2 Å². The molecule has 2 saturated carbocycles. The molecular weight excluding hydrogens is 347 g/mol. The molecule has 4 atom stereocenters. The summed E-state index contributed by atoms with van der Waals surface area (Å²) in [5, 5.41) is 0.902. The molecule has 0 radical (unpaired) electrons. The van der Waals surface area contributed by atoms with E-state index < -0.39 is 6.10 Å². The minimum atomic E-state index is -0.723. The molecule has 1 aromatic carbocycles. The highest BCUT2D eigenvalue weighted by Crippen LogP contribution is 2.46. The Labute approximate surface area is 152 Å². The van der Waals surface area contributed by atoms with Gasteiger partial charge in [-0.25, -0.2) is 4.79 Å². The third-order valence-electron chi connectivity index (χ3n) is 5.08. The third kappa shape index (κ3) is 3.73. The van der Waals surface area contributed by atoms with Gasteiger partial charge in [0.05, 0.1) is 5.02 Å². The van der Waals surface area contributed by atoms with Crippen LogP contribution in [0.2, 0.25) is 10.0 Å². The lowest BCUT2D eigenvalue weighted by molar-refractivity contribution is -0.159. The summed E-state index contributed by atoms with van der Waals surface area (Å²) in [6.45, 7) is 5.85. The zero-order valence-corrected chi connectivity index (χ0v) is 15.3. The topological polar surface area (TPSA) is 35.5 Å². The number of ether oxygens (including phenoxy) is 2. The van der Waals surface area contributed by atoms with Crippen LogP contribution in [0.25, 0.3) is 0 Å². The number of halogens is 2. The quantitative estimate of drug-likeness (QED) is 0.524. The highest BCUT2D eigenvalue weighted by atomic mass is 35.5. The molecule has 3 rings (SSSR count). The molecule has 0 aromatic heterocycles. The van der Waals surface area contributed by atoms with E-state index in [2.05, 4.69) is 6.58 Å². The van der Waals surface area contributed by atoms with E-state index in [1.165, 1.54) is 24.8 Å². The van der Waals surface area contributed by atoms with Crippen LogP contribution < -0.4 is 4.74 Å². The van der Waals surface area contributed by atoms with Crippen molar-refractivity contribution in [2.45, 2.75) is 51.2 Å². The van der Waals surface area contributed by atoms with Gasteiger partial charge in [-0.2, -0.15) is 0 Å². The first-order chi connectivity index (χ1) is 11.5. The number of carbonyl (C=O) groups excluding carboxylic acids is 1. The second kappa shape index (κ2) is 7.37. The molecule has 2 aliphatic rings. The van der Waals surface area contributed by atoms with Crippen LogP contribution in [-0.2, 0) is 9.53 Å². The maximum absolute atomic E-state index is 12.4. The summed E-state index contributed by atoms with van der Waals surface area (Å²) in [7, 11) is 0. The summed E-state index contributed by atoms with van der Waals surface area (Å²) in [6, 6.07) is 4.92. The van der Waals surface area contributed by atoms with Gasteiger partial charge in [0, 0.05) is 17.4 Å². The first kappa shape index (κ1) is 17.6.